The maximum atomic E-state index is 12.4. The third-order valence-electron chi connectivity index (χ3n) is 3.38. The highest BCUT2D eigenvalue weighted by Crippen LogP contribution is 2.22. The van der Waals surface area contributed by atoms with Crippen LogP contribution in [0.1, 0.15) is 21.1 Å². The van der Waals surface area contributed by atoms with Gasteiger partial charge in [-0.05, 0) is 13.8 Å². The molecule has 0 saturated carbocycles. The van der Waals surface area contributed by atoms with E-state index in [0.717, 1.165) is 47.6 Å². The van der Waals surface area contributed by atoms with Crippen molar-refractivity contribution in [3.05, 3.63) is 27.2 Å². The van der Waals surface area contributed by atoms with Gasteiger partial charge in [-0.2, -0.15) is 0 Å². The van der Waals surface area contributed by atoms with E-state index in [1.165, 1.54) is 11.3 Å². The molecule has 0 N–H and O–H groups in total. The molecule has 0 unspecified atom stereocenters. The summed E-state index contributed by atoms with van der Waals surface area (Å²) in [7, 11) is 0. The molecule has 2 aromatic rings. The van der Waals surface area contributed by atoms with Gasteiger partial charge in [0.05, 0.1) is 16.9 Å². The third kappa shape index (κ3) is 2.55. The van der Waals surface area contributed by atoms with Crippen molar-refractivity contribution in [2.75, 3.05) is 31.1 Å². The van der Waals surface area contributed by atoms with Crippen LogP contribution in [-0.4, -0.2) is 47.0 Å². The number of carbonyl (C=O) groups excluding carboxylic acids is 1. The van der Waals surface area contributed by atoms with Gasteiger partial charge in [0, 0.05) is 31.6 Å². The summed E-state index contributed by atoms with van der Waals surface area (Å²) in [6, 6.07) is 0. The number of carbonyl (C=O) groups is 1. The Hall–Kier alpha value is -1.47. The first-order chi connectivity index (χ1) is 9.65. The number of hydrogen-bond donors (Lipinski definition) is 0. The van der Waals surface area contributed by atoms with E-state index in [0.29, 0.717) is 0 Å². The van der Waals surface area contributed by atoms with Gasteiger partial charge in [0.25, 0.3) is 5.91 Å². The van der Waals surface area contributed by atoms with Gasteiger partial charge in [0.2, 0.25) is 0 Å². The zero-order chi connectivity index (χ0) is 14.1. The zero-order valence-electron chi connectivity index (χ0n) is 11.5. The Morgan fingerprint density at radius 2 is 1.95 bits per heavy atom. The Morgan fingerprint density at radius 1 is 1.20 bits per heavy atom. The van der Waals surface area contributed by atoms with E-state index in [-0.39, 0.29) is 5.91 Å². The number of anilines is 1. The number of aryl methyl sites for hydroxylation is 2. The second-order valence-corrected chi connectivity index (χ2v) is 6.51. The summed E-state index contributed by atoms with van der Waals surface area (Å²) in [6.07, 6.45) is 0. The van der Waals surface area contributed by atoms with Crippen molar-refractivity contribution in [3.63, 3.8) is 0 Å². The monoisotopic (exact) mass is 308 g/mol. The van der Waals surface area contributed by atoms with Crippen LogP contribution >= 0.6 is 22.7 Å². The molecule has 20 heavy (non-hydrogen) atoms. The lowest BCUT2D eigenvalue weighted by atomic mass is 10.3. The van der Waals surface area contributed by atoms with Crippen LogP contribution in [-0.2, 0) is 0 Å². The maximum absolute atomic E-state index is 12.4. The minimum absolute atomic E-state index is 0.111. The van der Waals surface area contributed by atoms with Gasteiger partial charge in [0.1, 0.15) is 4.88 Å². The Morgan fingerprint density at radius 3 is 2.50 bits per heavy atom. The molecule has 0 atom stereocenters. The lowest BCUT2D eigenvalue weighted by Gasteiger charge is -2.34. The third-order valence-corrected chi connectivity index (χ3v) is 5.32. The first kappa shape index (κ1) is 13.5. The fraction of sp³-hybridized carbons (Fsp3) is 0.462. The van der Waals surface area contributed by atoms with Gasteiger partial charge in [-0.3, -0.25) is 4.79 Å². The summed E-state index contributed by atoms with van der Waals surface area (Å²) < 4.78 is 0. The molecule has 0 aliphatic carbocycles. The summed E-state index contributed by atoms with van der Waals surface area (Å²) in [6.45, 7) is 7.07. The fourth-order valence-electron chi connectivity index (χ4n) is 2.24. The van der Waals surface area contributed by atoms with Crippen molar-refractivity contribution < 1.29 is 4.79 Å². The van der Waals surface area contributed by atoms with Crippen molar-refractivity contribution in [3.8, 4) is 0 Å². The van der Waals surface area contributed by atoms with Crippen molar-refractivity contribution in [2.45, 2.75) is 13.8 Å². The van der Waals surface area contributed by atoms with Crippen LogP contribution < -0.4 is 4.90 Å². The number of rotatable bonds is 2. The Kier molecular flexibility index (Phi) is 3.71. The smallest absolute Gasteiger partial charge is 0.265 e. The van der Waals surface area contributed by atoms with Crippen LogP contribution in [0, 0.1) is 13.8 Å². The summed E-state index contributed by atoms with van der Waals surface area (Å²) in [4.78, 5) is 26.0. The van der Waals surface area contributed by atoms with Crippen molar-refractivity contribution >= 4 is 33.7 Å². The summed E-state index contributed by atoms with van der Waals surface area (Å²) in [5, 5.41) is 3.12. The van der Waals surface area contributed by atoms with E-state index in [4.69, 9.17) is 0 Å². The minimum atomic E-state index is 0.111. The van der Waals surface area contributed by atoms with Crippen molar-refractivity contribution in [2.24, 2.45) is 0 Å². The van der Waals surface area contributed by atoms with E-state index in [1.54, 1.807) is 16.8 Å². The average Bonchev–Trinajstić information content (AvgIpc) is 3.07. The van der Waals surface area contributed by atoms with Crippen LogP contribution in [0.2, 0.25) is 0 Å². The molecule has 1 aliphatic rings. The molecule has 1 saturated heterocycles. The molecule has 0 aromatic carbocycles. The largest absolute Gasteiger partial charge is 0.345 e. The van der Waals surface area contributed by atoms with Crippen LogP contribution in [0.4, 0.5) is 5.13 Å². The second kappa shape index (κ2) is 5.49. The molecule has 1 fully saturated rings. The number of thiazole rings is 2. The topological polar surface area (TPSA) is 49.3 Å². The van der Waals surface area contributed by atoms with Crippen molar-refractivity contribution in [1.82, 2.24) is 14.9 Å². The standard InChI is InChI=1S/C13H16N4OS2/c1-9-7-19-13(15-9)17-5-3-16(4-6-17)12(18)11-10(2)14-8-20-11/h7-8H,3-6H2,1-2H3. The SMILES string of the molecule is Cc1csc(N2CCN(C(=O)c3scnc3C)CC2)n1. The predicted octanol–water partition coefficient (Wildman–Crippen LogP) is 2.18. The highest BCUT2D eigenvalue weighted by molar-refractivity contribution is 7.13. The fourth-order valence-corrected chi connectivity index (χ4v) is 3.86. The van der Waals surface area contributed by atoms with Crippen LogP contribution in [0.25, 0.3) is 0 Å². The summed E-state index contributed by atoms with van der Waals surface area (Å²) in [5.41, 5.74) is 3.62. The molecule has 7 heteroatoms. The highest BCUT2D eigenvalue weighted by atomic mass is 32.1. The molecule has 0 radical (unpaired) electrons. The first-order valence-electron chi connectivity index (χ1n) is 6.51. The molecule has 106 valence electrons. The minimum Gasteiger partial charge on any atom is -0.345 e. The Bertz CT molecular complexity index is 613. The van der Waals surface area contributed by atoms with Gasteiger partial charge in [-0.1, -0.05) is 0 Å². The van der Waals surface area contributed by atoms with E-state index >= 15 is 0 Å². The van der Waals surface area contributed by atoms with E-state index in [2.05, 4.69) is 20.2 Å². The van der Waals surface area contributed by atoms with Gasteiger partial charge < -0.3 is 9.80 Å². The van der Waals surface area contributed by atoms with Crippen molar-refractivity contribution in [1.29, 1.82) is 0 Å². The lowest BCUT2D eigenvalue weighted by Crippen LogP contribution is -2.48. The molecule has 3 heterocycles. The van der Waals surface area contributed by atoms with Crippen LogP contribution in [0.15, 0.2) is 10.9 Å². The summed E-state index contributed by atoms with van der Waals surface area (Å²) >= 11 is 3.09. The maximum Gasteiger partial charge on any atom is 0.265 e. The predicted molar refractivity (Wildman–Crippen MR) is 81.8 cm³/mol. The molecule has 0 bridgehead atoms. The van der Waals surface area contributed by atoms with E-state index < -0.39 is 0 Å². The second-order valence-electron chi connectivity index (χ2n) is 4.82. The first-order valence-corrected chi connectivity index (χ1v) is 8.27. The molecule has 0 spiro atoms. The molecule has 1 amide bonds. The molecule has 5 nitrogen and oxygen atoms in total. The van der Waals surface area contributed by atoms with E-state index in [9.17, 15) is 4.79 Å². The quantitative estimate of drug-likeness (QED) is 0.853. The number of hydrogen-bond acceptors (Lipinski definition) is 6. The normalized spacial score (nSPS) is 15.7. The molecule has 2 aromatic heterocycles. The van der Waals surface area contributed by atoms with E-state index in [1.807, 2.05) is 18.7 Å². The lowest BCUT2D eigenvalue weighted by molar-refractivity contribution is 0.0750. The average molecular weight is 308 g/mol. The Balaban J connectivity index is 1.64. The number of amides is 1. The molecular formula is C13H16N4OS2. The Labute approximate surface area is 125 Å². The van der Waals surface area contributed by atoms with Crippen LogP contribution in [0.5, 0.6) is 0 Å². The molecule has 3 rings (SSSR count). The number of piperazine rings is 1. The molecular weight excluding hydrogens is 292 g/mol. The highest BCUT2D eigenvalue weighted by Gasteiger charge is 2.25. The van der Waals surface area contributed by atoms with Gasteiger partial charge in [-0.15, -0.1) is 22.7 Å². The zero-order valence-corrected chi connectivity index (χ0v) is 13.1. The van der Waals surface area contributed by atoms with Gasteiger partial charge in [-0.25, -0.2) is 9.97 Å². The number of nitrogens with zero attached hydrogens (tertiary/aromatic N) is 4. The van der Waals surface area contributed by atoms with Gasteiger partial charge in [0.15, 0.2) is 5.13 Å². The summed E-state index contributed by atoms with van der Waals surface area (Å²) in [5.74, 6) is 0.111. The van der Waals surface area contributed by atoms with Gasteiger partial charge >= 0.3 is 0 Å². The van der Waals surface area contributed by atoms with Crippen LogP contribution in [0.3, 0.4) is 0 Å². The number of aromatic nitrogens is 2. The molecule has 1 aliphatic heterocycles.